The minimum atomic E-state index is -0.276. The maximum absolute atomic E-state index is 12.6. The minimum Gasteiger partial charge on any atom is -0.469 e. The number of amides is 1. The lowest BCUT2D eigenvalue weighted by Crippen LogP contribution is -2.41. The van der Waals surface area contributed by atoms with Gasteiger partial charge in [0, 0.05) is 12.5 Å². The van der Waals surface area contributed by atoms with Crippen LogP contribution < -0.4 is 0 Å². The molecule has 1 aromatic rings. The molecule has 0 aromatic heterocycles. The Kier molecular flexibility index (Phi) is 5.37. The van der Waals surface area contributed by atoms with Crippen molar-refractivity contribution in [3.8, 4) is 0 Å². The average Bonchev–Trinajstić information content (AvgIpc) is 2.46. The Hall–Kier alpha value is -1.84. The van der Waals surface area contributed by atoms with Crippen LogP contribution in [0.1, 0.15) is 44.2 Å². The molecule has 1 amide bonds. The summed E-state index contributed by atoms with van der Waals surface area (Å²) >= 11 is 0. The monoisotopic (exact) mass is 289 g/mol. The van der Waals surface area contributed by atoms with Crippen LogP contribution in [-0.4, -0.2) is 30.4 Å². The fraction of sp³-hybridized carbons (Fsp3) is 0.529. The third-order valence-electron chi connectivity index (χ3n) is 4.27. The number of methoxy groups -OCH3 is 1. The Balaban J connectivity index is 2.10. The minimum absolute atomic E-state index is 0.0241. The predicted molar refractivity (Wildman–Crippen MR) is 80.5 cm³/mol. The highest BCUT2D eigenvalue weighted by Gasteiger charge is 2.32. The van der Waals surface area contributed by atoms with Crippen molar-refractivity contribution in [2.75, 3.05) is 13.7 Å². The molecule has 1 saturated carbocycles. The third kappa shape index (κ3) is 3.84. The highest BCUT2D eigenvalue weighted by atomic mass is 16.5. The number of benzene rings is 1. The second-order valence-corrected chi connectivity index (χ2v) is 5.57. The Morgan fingerprint density at radius 1 is 1.29 bits per heavy atom. The summed E-state index contributed by atoms with van der Waals surface area (Å²) in [6.45, 7) is 2.43. The van der Waals surface area contributed by atoms with E-state index in [4.69, 9.17) is 0 Å². The van der Waals surface area contributed by atoms with Crippen molar-refractivity contribution in [3.63, 3.8) is 0 Å². The molecule has 1 aromatic carbocycles. The summed E-state index contributed by atoms with van der Waals surface area (Å²) in [6.07, 6.45) is 3.30. The van der Waals surface area contributed by atoms with Crippen molar-refractivity contribution in [2.45, 2.75) is 38.6 Å². The van der Waals surface area contributed by atoms with Gasteiger partial charge < -0.3 is 9.64 Å². The second-order valence-electron chi connectivity index (χ2n) is 5.57. The van der Waals surface area contributed by atoms with Gasteiger partial charge in [0.15, 0.2) is 0 Å². The van der Waals surface area contributed by atoms with Crippen molar-refractivity contribution < 1.29 is 14.3 Å². The molecule has 1 unspecified atom stereocenters. The summed E-state index contributed by atoms with van der Waals surface area (Å²) in [5.41, 5.74) is 1.09. The van der Waals surface area contributed by atoms with Gasteiger partial charge in [-0.15, -0.1) is 0 Å². The van der Waals surface area contributed by atoms with Gasteiger partial charge in [0.25, 0.3) is 0 Å². The van der Waals surface area contributed by atoms with Crippen molar-refractivity contribution in [1.29, 1.82) is 0 Å². The fourth-order valence-corrected chi connectivity index (χ4v) is 2.61. The molecular formula is C17H23NO3. The van der Waals surface area contributed by atoms with E-state index in [1.807, 2.05) is 42.2 Å². The summed E-state index contributed by atoms with van der Waals surface area (Å²) in [5.74, 6) is 0.0250. The summed E-state index contributed by atoms with van der Waals surface area (Å²) in [6, 6.07) is 9.91. The van der Waals surface area contributed by atoms with Crippen molar-refractivity contribution in [1.82, 2.24) is 4.90 Å². The fourth-order valence-electron chi connectivity index (χ4n) is 2.61. The van der Waals surface area contributed by atoms with Crippen LogP contribution in [0.4, 0.5) is 0 Å². The maximum Gasteiger partial charge on any atom is 0.307 e. The Labute approximate surface area is 126 Å². The van der Waals surface area contributed by atoms with E-state index >= 15 is 0 Å². The van der Waals surface area contributed by atoms with Gasteiger partial charge in [-0.2, -0.15) is 0 Å². The molecule has 1 fully saturated rings. The zero-order valence-corrected chi connectivity index (χ0v) is 12.7. The normalized spacial score (nSPS) is 15.9. The van der Waals surface area contributed by atoms with Crippen LogP contribution in [0.5, 0.6) is 0 Å². The number of carbonyl (C=O) groups is 2. The van der Waals surface area contributed by atoms with Crippen LogP contribution in [0.2, 0.25) is 0 Å². The Morgan fingerprint density at radius 2 is 1.95 bits per heavy atom. The summed E-state index contributed by atoms with van der Waals surface area (Å²) in [5, 5.41) is 0. The molecular weight excluding hydrogens is 266 g/mol. The van der Waals surface area contributed by atoms with E-state index in [-0.39, 0.29) is 30.3 Å². The standard InChI is InChI=1S/C17H23NO3/c1-13(14-7-4-3-5-8-14)18(12-11-16(19)21-2)17(20)15-9-6-10-15/h3-5,7-8,13,15H,6,9-12H2,1-2H3. The van der Waals surface area contributed by atoms with Gasteiger partial charge in [-0.3, -0.25) is 9.59 Å². The van der Waals surface area contributed by atoms with Crippen molar-refractivity contribution >= 4 is 11.9 Å². The topological polar surface area (TPSA) is 46.6 Å². The summed E-state index contributed by atoms with van der Waals surface area (Å²) in [4.78, 5) is 25.8. The quantitative estimate of drug-likeness (QED) is 0.756. The van der Waals surface area contributed by atoms with E-state index in [1.165, 1.54) is 7.11 Å². The number of hydrogen-bond donors (Lipinski definition) is 0. The summed E-state index contributed by atoms with van der Waals surface area (Å²) < 4.78 is 4.69. The van der Waals surface area contributed by atoms with Gasteiger partial charge in [0.2, 0.25) is 5.91 Å². The SMILES string of the molecule is COC(=O)CCN(C(=O)C1CCC1)C(C)c1ccccc1. The molecule has 0 heterocycles. The molecule has 114 valence electrons. The first-order chi connectivity index (χ1) is 10.1. The smallest absolute Gasteiger partial charge is 0.307 e. The van der Waals surface area contributed by atoms with Crippen LogP contribution in [0.3, 0.4) is 0 Å². The highest BCUT2D eigenvalue weighted by Crippen LogP contribution is 2.31. The number of esters is 1. The van der Waals surface area contributed by atoms with Gasteiger partial charge in [0.1, 0.15) is 0 Å². The number of rotatable bonds is 6. The van der Waals surface area contributed by atoms with E-state index in [0.717, 1.165) is 24.8 Å². The first-order valence-electron chi connectivity index (χ1n) is 7.55. The Morgan fingerprint density at radius 3 is 2.48 bits per heavy atom. The molecule has 1 aliphatic rings. The maximum atomic E-state index is 12.6. The number of hydrogen-bond acceptors (Lipinski definition) is 3. The van der Waals surface area contributed by atoms with E-state index in [2.05, 4.69) is 4.74 Å². The number of ether oxygens (including phenoxy) is 1. The van der Waals surface area contributed by atoms with E-state index < -0.39 is 0 Å². The second kappa shape index (κ2) is 7.25. The molecule has 1 atom stereocenters. The van der Waals surface area contributed by atoms with Crippen molar-refractivity contribution in [3.05, 3.63) is 35.9 Å². The van der Waals surface area contributed by atoms with Gasteiger partial charge in [-0.25, -0.2) is 0 Å². The van der Waals surface area contributed by atoms with Gasteiger partial charge in [-0.05, 0) is 25.3 Å². The van der Waals surface area contributed by atoms with Crippen LogP contribution in [0.25, 0.3) is 0 Å². The van der Waals surface area contributed by atoms with Crippen LogP contribution in [0, 0.1) is 5.92 Å². The molecule has 0 radical (unpaired) electrons. The lowest BCUT2D eigenvalue weighted by atomic mass is 9.84. The van der Waals surface area contributed by atoms with E-state index in [1.54, 1.807) is 0 Å². The molecule has 0 bridgehead atoms. The molecule has 0 saturated heterocycles. The lowest BCUT2D eigenvalue weighted by Gasteiger charge is -2.35. The van der Waals surface area contributed by atoms with E-state index in [9.17, 15) is 9.59 Å². The van der Waals surface area contributed by atoms with Crippen LogP contribution in [-0.2, 0) is 14.3 Å². The van der Waals surface area contributed by atoms with Crippen LogP contribution in [0.15, 0.2) is 30.3 Å². The van der Waals surface area contributed by atoms with E-state index in [0.29, 0.717) is 6.54 Å². The highest BCUT2D eigenvalue weighted by molar-refractivity contribution is 5.80. The molecule has 1 aliphatic carbocycles. The predicted octanol–water partition coefficient (Wildman–Crippen LogP) is 2.94. The first-order valence-corrected chi connectivity index (χ1v) is 7.55. The van der Waals surface area contributed by atoms with Crippen molar-refractivity contribution in [2.24, 2.45) is 5.92 Å². The molecule has 4 nitrogen and oxygen atoms in total. The largest absolute Gasteiger partial charge is 0.469 e. The molecule has 21 heavy (non-hydrogen) atoms. The van der Waals surface area contributed by atoms with Gasteiger partial charge in [0.05, 0.1) is 19.6 Å². The number of carbonyl (C=O) groups excluding carboxylic acids is 2. The molecule has 2 rings (SSSR count). The van der Waals surface area contributed by atoms with Gasteiger partial charge in [-0.1, -0.05) is 36.8 Å². The molecule has 0 spiro atoms. The molecule has 0 aliphatic heterocycles. The third-order valence-corrected chi connectivity index (χ3v) is 4.27. The Bertz CT molecular complexity index is 482. The zero-order chi connectivity index (χ0) is 15.2. The van der Waals surface area contributed by atoms with Gasteiger partial charge >= 0.3 is 5.97 Å². The number of nitrogens with zero attached hydrogens (tertiary/aromatic N) is 1. The zero-order valence-electron chi connectivity index (χ0n) is 12.7. The lowest BCUT2D eigenvalue weighted by molar-refractivity contribution is -0.144. The average molecular weight is 289 g/mol. The van der Waals surface area contributed by atoms with Crippen LogP contribution >= 0.6 is 0 Å². The first kappa shape index (κ1) is 15.5. The molecule has 4 heteroatoms. The summed E-state index contributed by atoms with van der Waals surface area (Å²) in [7, 11) is 1.38. The molecule has 0 N–H and O–H groups in total.